The maximum atomic E-state index is 12.3. The minimum Gasteiger partial charge on any atom is -0.367 e. The van der Waals surface area contributed by atoms with E-state index in [2.05, 4.69) is 16.9 Å². The molecule has 0 bridgehead atoms. The predicted molar refractivity (Wildman–Crippen MR) is 89.2 cm³/mol. The Labute approximate surface area is 136 Å². The molecule has 1 aliphatic heterocycles. The van der Waals surface area contributed by atoms with Crippen molar-refractivity contribution in [2.75, 3.05) is 19.7 Å². The molecule has 6 heteroatoms. The molecule has 0 aliphatic carbocycles. The maximum Gasteiger partial charge on any atom is 0.317 e. The summed E-state index contributed by atoms with van der Waals surface area (Å²) in [5.74, 6) is 0. The van der Waals surface area contributed by atoms with Crippen LogP contribution in [0.25, 0.3) is 0 Å². The molecule has 2 heterocycles. The van der Waals surface area contributed by atoms with Gasteiger partial charge < -0.3 is 15.0 Å². The van der Waals surface area contributed by atoms with Gasteiger partial charge >= 0.3 is 6.03 Å². The molecule has 2 atom stereocenters. The summed E-state index contributed by atoms with van der Waals surface area (Å²) in [7, 11) is 0. The minimum atomic E-state index is -0.103. The lowest BCUT2D eigenvalue weighted by Crippen LogP contribution is -2.49. The summed E-state index contributed by atoms with van der Waals surface area (Å²) >= 11 is 1.59. The molecule has 1 N–H and O–H groups in total. The van der Waals surface area contributed by atoms with Gasteiger partial charge in [0.25, 0.3) is 0 Å². The Morgan fingerprint density at radius 2 is 2.55 bits per heavy atom. The normalized spacial score (nSPS) is 19.7. The fourth-order valence-electron chi connectivity index (χ4n) is 2.45. The number of rotatable bonds is 6. The van der Waals surface area contributed by atoms with Crippen molar-refractivity contribution in [3.05, 3.63) is 28.7 Å². The molecule has 1 saturated heterocycles. The SMILES string of the molecule is C=CCCC[C@@H](C)NC(=O)N1CCO[C@@H](c2nc(C)cs2)C1. The first-order valence-corrected chi connectivity index (χ1v) is 8.68. The summed E-state index contributed by atoms with van der Waals surface area (Å²) in [5, 5.41) is 6.03. The molecule has 0 unspecified atom stereocenters. The summed E-state index contributed by atoms with van der Waals surface area (Å²) < 4.78 is 5.76. The third kappa shape index (κ3) is 4.81. The van der Waals surface area contributed by atoms with Gasteiger partial charge in [0.1, 0.15) is 11.1 Å². The molecule has 22 heavy (non-hydrogen) atoms. The summed E-state index contributed by atoms with van der Waals surface area (Å²) in [4.78, 5) is 18.6. The Morgan fingerprint density at radius 1 is 1.73 bits per heavy atom. The monoisotopic (exact) mass is 323 g/mol. The highest BCUT2D eigenvalue weighted by Gasteiger charge is 2.27. The Bertz CT molecular complexity index is 503. The zero-order valence-corrected chi connectivity index (χ0v) is 14.2. The molecule has 2 amide bonds. The highest BCUT2D eigenvalue weighted by Crippen LogP contribution is 2.25. The van der Waals surface area contributed by atoms with E-state index in [1.54, 1.807) is 11.3 Å². The first-order chi connectivity index (χ1) is 10.6. The molecular formula is C16H25N3O2S. The molecule has 122 valence electrons. The van der Waals surface area contributed by atoms with Crippen molar-refractivity contribution in [1.82, 2.24) is 15.2 Å². The van der Waals surface area contributed by atoms with Gasteiger partial charge in [-0.15, -0.1) is 17.9 Å². The summed E-state index contributed by atoms with van der Waals surface area (Å²) in [6.45, 7) is 9.49. The minimum absolute atomic E-state index is 0.00678. The largest absolute Gasteiger partial charge is 0.367 e. The number of hydrogen-bond donors (Lipinski definition) is 1. The van der Waals surface area contributed by atoms with Gasteiger partial charge in [0, 0.05) is 23.7 Å². The smallest absolute Gasteiger partial charge is 0.317 e. The Morgan fingerprint density at radius 3 is 3.23 bits per heavy atom. The van der Waals surface area contributed by atoms with Gasteiger partial charge in [0.05, 0.1) is 13.2 Å². The fourth-order valence-corrected chi connectivity index (χ4v) is 3.28. The fraction of sp³-hybridized carbons (Fsp3) is 0.625. The quantitative estimate of drug-likeness (QED) is 0.646. The number of unbranched alkanes of at least 4 members (excludes halogenated alkanes) is 1. The lowest BCUT2D eigenvalue weighted by molar-refractivity contribution is -0.0158. The lowest BCUT2D eigenvalue weighted by Gasteiger charge is -2.32. The van der Waals surface area contributed by atoms with Crippen molar-refractivity contribution in [2.24, 2.45) is 0 Å². The van der Waals surface area contributed by atoms with Gasteiger partial charge in [-0.1, -0.05) is 6.08 Å². The van der Waals surface area contributed by atoms with Crippen molar-refractivity contribution >= 4 is 17.4 Å². The van der Waals surface area contributed by atoms with Crippen molar-refractivity contribution < 1.29 is 9.53 Å². The van der Waals surface area contributed by atoms with E-state index < -0.39 is 0 Å². The third-order valence-corrected chi connectivity index (χ3v) is 4.74. The number of hydrogen-bond acceptors (Lipinski definition) is 4. The number of amides is 2. The number of ether oxygens (including phenoxy) is 1. The van der Waals surface area contributed by atoms with Crippen LogP contribution in [0.15, 0.2) is 18.0 Å². The Hall–Kier alpha value is -1.40. The van der Waals surface area contributed by atoms with Gasteiger partial charge in [-0.3, -0.25) is 0 Å². The molecular weight excluding hydrogens is 298 g/mol. The summed E-state index contributed by atoms with van der Waals surface area (Å²) in [5.41, 5.74) is 1.00. The Kier molecular flexibility index (Phi) is 6.39. The lowest BCUT2D eigenvalue weighted by atomic mass is 10.1. The summed E-state index contributed by atoms with van der Waals surface area (Å²) in [6, 6.07) is 0.170. The van der Waals surface area contributed by atoms with Crippen molar-refractivity contribution in [2.45, 2.75) is 45.3 Å². The molecule has 5 nitrogen and oxygen atoms in total. The number of urea groups is 1. The molecule has 1 aromatic rings. The standard InChI is InChI=1S/C16H25N3O2S/c1-4-5-6-7-12(2)18-16(20)19-8-9-21-14(10-19)15-17-13(3)11-22-15/h4,11-12,14H,1,5-10H2,2-3H3,(H,18,20)/t12-,14-/m1/s1. The summed E-state index contributed by atoms with van der Waals surface area (Å²) in [6.07, 6.45) is 4.82. The molecule has 0 aromatic carbocycles. The van der Waals surface area contributed by atoms with E-state index in [4.69, 9.17) is 4.74 Å². The highest BCUT2D eigenvalue weighted by atomic mass is 32.1. The van der Waals surface area contributed by atoms with Gasteiger partial charge in [0.2, 0.25) is 0 Å². The number of carbonyl (C=O) groups is 1. The van der Waals surface area contributed by atoms with Gasteiger partial charge in [0.15, 0.2) is 0 Å². The van der Waals surface area contributed by atoms with Crippen LogP contribution in [0.4, 0.5) is 4.79 Å². The van der Waals surface area contributed by atoms with Crippen molar-refractivity contribution in [1.29, 1.82) is 0 Å². The second-order valence-corrected chi connectivity index (χ2v) is 6.59. The van der Waals surface area contributed by atoms with E-state index in [1.165, 1.54) is 0 Å². The van der Waals surface area contributed by atoms with Crippen LogP contribution in [-0.4, -0.2) is 41.7 Å². The second kappa shape index (κ2) is 8.29. The average molecular weight is 323 g/mol. The molecule has 0 radical (unpaired) electrons. The van der Waals surface area contributed by atoms with Crippen LogP contribution in [0.5, 0.6) is 0 Å². The molecule has 0 saturated carbocycles. The third-order valence-electron chi connectivity index (χ3n) is 3.68. The number of aryl methyl sites for hydroxylation is 1. The van der Waals surface area contributed by atoms with Gasteiger partial charge in [-0.2, -0.15) is 0 Å². The van der Waals surface area contributed by atoms with Gasteiger partial charge in [-0.05, 0) is 33.1 Å². The molecule has 0 spiro atoms. The zero-order chi connectivity index (χ0) is 15.9. The van der Waals surface area contributed by atoms with E-state index in [0.717, 1.165) is 30.0 Å². The second-order valence-electron chi connectivity index (χ2n) is 5.70. The number of morpholine rings is 1. The average Bonchev–Trinajstić information content (AvgIpc) is 2.94. The molecule has 1 fully saturated rings. The number of nitrogens with one attached hydrogen (secondary N) is 1. The van der Waals surface area contributed by atoms with E-state index in [0.29, 0.717) is 19.7 Å². The van der Waals surface area contributed by atoms with Crippen LogP contribution in [0.2, 0.25) is 0 Å². The number of thiazole rings is 1. The van der Waals surface area contributed by atoms with Crippen LogP contribution < -0.4 is 5.32 Å². The number of aromatic nitrogens is 1. The van der Waals surface area contributed by atoms with E-state index in [-0.39, 0.29) is 18.2 Å². The Balaban J connectivity index is 1.83. The van der Waals surface area contributed by atoms with Crippen LogP contribution in [0, 0.1) is 6.92 Å². The number of nitrogens with zero attached hydrogens (tertiary/aromatic N) is 2. The maximum absolute atomic E-state index is 12.3. The van der Waals surface area contributed by atoms with Crippen LogP contribution in [0.3, 0.4) is 0 Å². The predicted octanol–water partition coefficient (Wildman–Crippen LogP) is 3.28. The van der Waals surface area contributed by atoms with Gasteiger partial charge in [-0.25, -0.2) is 9.78 Å². The van der Waals surface area contributed by atoms with Crippen molar-refractivity contribution in [3.63, 3.8) is 0 Å². The van der Waals surface area contributed by atoms with Crippen LogP contribution in [-0.2, 0) is 4.74 Å². The molecule has 1 aromatic heterocycles. The first kappa shape index (κ1) is 17.0. The highest BCUT2D eigenvalue weighted by molar-refractivity contribution is 7.09. The zero-order valence-electron chi connectivity index (χ0n) is 13.4. The number of carbonyl (C=O) groups excluding carboxylic acids is 1. The topological polar surface area (TPSA) is 54.5 Å². The van der Waals surface area contributed by atoms with E-state index in [9.17, 15) is 4.79 Å². The van der Waals surface area contributed by atoms with Crippen molar-refractivity contribution in [3.8, 4) is 0 Å². The molecule has 2 rings (SSSR count). The first-order valence-electron chi connectivity index (χ1n) is 7.80. The number of allylic oxidation sites excluding steroid dienone is 1. The van der Waals surface area contributed by atoms with E-state index in [1.807, 2.05) is 30.2 Å². The van der Waals surface area contributed by atoms with E-state index >= 15 is 0 Å². The molecule has 1 aliphatic rings. The van der Waals surface area contributed by atoms with Crippen LogP contribution in [0.1, 0.15) is 43.0 Å². The van der Waals surface area contributed by atoms with Crippen LogP contribution >= 0.6 is 11.3 Å².